The minimum absolute atomic E-state index is 0.0272. The molecule has 1 aliphatic rings. The monoisotopic (exact) mass is 565 g/mol. The number of rotatable bonds is 8. The Labute approximate surface area is 231 Å². The average molecular weight is 566 g/mol. The molecule has 0 saturated heterocycles. The van der Waals surface area contributed by atoms with Crippen LogP contribution < -0.4 is 11.2 Å². The van der Waals surface area contributed by atoms with Crippen molar-refractivity contribution < 1.29 is 18.1 Å². The quantitative estimate of drug-likeness (QED) is 0.202. The molecular formula is C29H26F3N5O4. The number of nitrogens with zero attached hydrogens (tertiary/aromatic N) is 5. The van der Waals surface area contributed by atoms with E-state index in [2.05, 4.69) is 5.10 Å². The van der Waals surface area contributed by atoms with Crippen LogP contribution >= 0.6 is 0 Å². The molecule has 4 aromatic rings. The van der Waals surface area contributed by atoms with Gasteiger partial charge in [0, 0.05) is 17.8 Å². The SMILES string of the molecule is CC(c1ccccc1)n1c(/C=C/c2cnn(Cc3ccccc3C(F)(F)F)c2)c([N+](=O)[O-])c(=O)n(C2CCC2)c1=O. The lowest BCUT2D eigenvalue weighted by Gasteiger charge is -2.29. The molecule has 1 saturated carbocycles. The van der Waals surface area contributed by atoms with Crippen LogP contribution in [0, 0.1) is 10.1 Å². The minimum Gasteiger partial charge on any atom is -0.280 e. The Kier molecular flexibility index (Phi) is 7.48. The summed E-state index contributed by atoms with van der Waals surface area (Å²) in [6.07, 6.45) is 3.09. The second-order valence-electron chi connectivity index (χ2n) is 9.95. The highest BCUT2D eigenvalue weighted by atomic mass is 19.4. The fraction of sp³-hybridized carbons (Fsp3) is 0.276. The standard InChI is InChI=1S/C29H26F3N5O4/c1-19(21-8-3-2-4-9-21)35-25(26(37(40)41)27(38)36(28(35)39)23-11-7-12-23)15-14-20-16-33-34(17-20)18-22-10-5-6-13-24(22)29(30,31)32/h2-6,8-10,13-17,19,23H,7,11-12,18H2,1H3/b15-14+. The van der Waals surface area contributed by atoms with Gasteiger partial charge in [0.15, 0.2) is 0 Å². The molecule has 2 aromatic heterocycles. The molecule has 1 atom stereocenters. The highest BCUT2D eigenvalue weighted by molar-refractivity contribution is 5.71. The summed E-state index contributed by atoms with van der Waals surface area (Å²) in [5, 5.41) is 16.3. The molecule has 0 bridgehead atoms. The maximum atomic E-state index is 13.7. The van der Waals surface area contributed by atoms with E-state index >= 15 is 0 Å². The lowest BCUT2D eigenvalue weighted by atomic mass is 9.93. The van der Waals surface area contributed by atoms with Gasteiger partial charge < -0.3 is 0 Å². The fourth-order valence-corrected chi connectivity index (χ4v) is 5.03. The van der Waals surface area contributed by atoms with Crippen molar-refractivity contribution in [1.82, 2.24) is 18.9 Å². The van der Waals surface area contributed by atoms with Crippen LogP contribution in [0.3, 0.4) is 0 Å². The number of alkyl halides is 3. The number of nitro groups is 1. The molecule has 1 unspecified atom stereocenters. The minimum atomic E-state index is -4.52. The summed E-state index contributed by atoms with van der Waals surface area (Å²) in [6.45, 7) is 1.57. The zero-order valence-corrected chi connectivity index (χ0v) is 22.0. The molecule has 9 nitrogen and oxygen atoms in total. The molecule has 2 aromatic carbocycles. The van der Waals surface area contributed by atoms with E-state index in [9.17, 15) is 32.9 Å². The molecular weight excluding hydrogens is 539 g/mol. The third-order valence-electron chi connectivity index (χ3n) is 7.37. The molecule has 12 heteroatoms. The first-order chi connectivity index (χ1) is 19.6. The molecule has 41 heavy (non-hydrogen) atoms. The molecule has 1 fully saturated rings. The van der Waals surface area contributed by atoms with Crippen molar-refractivity contribution in [2.24, 2.45) is 0 Å². The van der Waals surface area contributed by atoms with Gasteiger partial charge in [-0.1, -0.05) is 48.5 Å². The molecule has 0 aliphatic heterocycles. The van der Waals surface area contributed by atoms with Crippen LogP contribution in [0.1, 0.15) is 66.2 Å². The van der Waals surface area contributed by atoms with Crippen LogP contribution in [0.5, 0.6) is 0 Å². The van der Waals surface area contributed by atoms with E-state index in [-0.39, 0.29) is 17.8 Å². The molecule has 0 N–H and O–H groups in total. The Morgan fingerprint density at radius 2 is 1.76 bits per heavy atom. The second kappa shape index (κ2) is 11.0. The largest absolute Gasteiger partial charge is 0.416 e. The van der Waals surface area contributed by atoms with Crippen LogP contribution in [0.25, 0.3) is 12.2 Å². The Morgan fingerprint density at radius 1 is 1.07 bits per heavy atom. The molecule has 5 rings (SSSR count). The van der Waals surface area contributed by atoms with Gasteiger partial charge in [-0.3, -0.25) is 28.7 Å². The van der Waals surface area contributed by atoms with Gasteiger partial charge in [0.25, 0.3) is 0 Å². The highest BCUT2D eigenvalue weighted by Crippen LogP contribution is 2.33. The molecule has 212 valence electrons. The first-order valence-electron chi connectivity index (χ1n) is 13.0. The Hall–Kier alpha value is -4.74. The summed E-state index contributed by atoms with van der Waals surface area (Å²) >= 11 is 0. The first kappa shape index (κ1) is 27.8. The number of hydrogen-bond acceptors (Lipinski definition) is 5. The smallest absolute Gasteiger partial charge is 0.280 e. The van der Waals surface area contributed by atoms with E-state index in [0.717, 1.165) is 17.1 Å². The average Bonchev–Trinajstić information content (AvgIpc) is 3.35. The summed E-state index contributed by atoms with van der Waals surface area (Å²) < 4.78 is 43.8. The molecule has 0 spiro atoms. The number of halogens is 3. The van der Waals surface area contributed by atoms with Crippen molar-refractivity contribution in [2.75, 3.05) is 0 Å². The summed E-state index contributed by atoms with van der Waals surface area (Å²) in [7, 11) is 0. The highest BCUT2D eigenvalue weighted by Gasteiger charge is 2.34. The van der Waals surface area contributed by atoms with E-state index in [1.165, 1.54) is 52.0 Å². The van der Waals surface area contributed by atoms with E-state index in [1.54, 1.807) is 31.2 Å². The third-order valence-corrected chi connectivity index (χ3v) is 7.37. The maximum absolute atomic E-state index is 13.7. The topological polar surface area (TPSA) is 105 Å². The predicted molar refractivity (Wildman–Crippen MR) is 146 cm³/mol. The number of hydrogen-bond donors (Lipinski definition) is 0. The summed E-state index contributed by atoms with van der Waals surface area (Å²) in [4.78, 5) is 38.5. The third kappa shape index (κ3) is 5.49. The maximum Gasteiger partial charge on any atom is 0.416 e. The Balaban J connectivity index is 1.58. The summed E-state index contributed by atoms with van der Waals surface area (Å²) in [5.41, 5.74) is -2.10. The predicted octanol–water partition coefficient (Wildman–Crippen LogP) is 5.69. The van der Waals surface area contributed by atoms with Crippen molar-refractivity contribution in [3.8, 4) is 0 Å². The molecule has 0 amide bonds. The van der Waals surface area contributed by atoms with Gasteiger partial charge >= 0.3 is 23.1 Å². The van der Waals surface area contributed by atoms with Crippen LogP contribution in [-0.4, -0.2) is 23.8 Å². The van der Waals surface area contributed by atoms with E-state index in [4.69, 9.17) is 0 Å². The van der Waals surface area contributed by atoms with Gasteiger partial charge in [0.2, 0.25) is 0 Å². The van der Waals surface area contributed by atoms with E-state index in [1.807, 2.05) is 6.07 Å². The van der Waals surface area contributed by atoms with Gasteiger partial charge in [0.1, 0.15) is 5.69 Å². The van der Waals surface area contributed by atoms with Crippen molar-refractivity contribution in [3.05, 3.63) is 126 Å². The molecule has 0 radical (unpaired) electrons. The van der Waals surface area contributed by atoms with Crippen molar-refractivity contribution in [3.63, 3.8) is 0 Å². The van der Waals surface area contributed by atoms with Crippen LogP contribution in [-0.2, 0) is 12.7 Å². The summed E-state index contributed by atoms with van der Waals surface area (Å²) in [6, 6.07) is 13.1. The lowest BCUT2D eigenvalue weighted by molar-refractivity contribution is -0.387. The van der Waals surface area contributed by atoms with Crippen LogP contribution in [0.15, 0.2) is 76.6 Å². The second-order valence-corrected chi connectivity index (χ2v) is 9.95. The zero-order chi connectivity index (χ0) is 29.3. The van der Waals surface area contributed by atoms with E-state index < -0.39 is 45.7 Å². The first-order valence-corrected chi connectivity index (χ1v) is 13.0. The lowest BCUT2D eigenvalue weighted by Crippen LogP contribution is -2.46. The van der Waals surface area contributed by atoms with Crippen LogP contribution in [0.2, 0.25) is 0 Å². The van der Waals surface area contributed by atoms with E-state index in [0.29, 0.717) is 24.0 Å². The zero-order valence-electron chi connectivity index (χ0n) is 22.0. The normalized spacial score (nSPS) is 14.7. The number of benzene rings is 2. The summed E-state index contributed by atoms with van der Waals surface area (Å²) in [5.74, 6) is 0. The molecule has 1 aliphatic carbocycles. The van der Waals surface area contributed by atoms with Crippen molar-refractivity contribution in [2.45, 2.75) is 51.0 Å². The number of aromatic nitrogens is 4. The van der Waals surface area contributed by atoms with Gasteiger partial charge in [0.05, 0.1) is 29.3 Å². The van der Waals surface area contributed by atoms with Crippen molar-refractivity contribution in [1.29, 1.82) is 0 Å². The van der Waals surface area contributed by atoms with Gasteiger partial charge in [-0.25, -0.2) is 4.79 Å². The molecule has 2 heterocycles. The Bertz CT molecular complexity index is 1730. The fourth-order valence-electron chi connectivity index (χ4n) is 5.03. The Morgan fingerprint density at radius 3 is 2.39 bits per heavy atom. The van der Waals surface area contributed by atoms with Crippen LogP contribution in [0.4, 0.5) is 18.9 Å². The van der Waals surface area contributed by atoms with Gasteiger partial charge in [-0.2, -0.15) is 18.3 Å². The van der Waals surface area contributed by atoms with Crippen molar-refractivity contribution >= 4 is 17.8 Å². The van der Waals surface area contributed by atoms with Gasteiger partial charge in [-0.05, 0) is 55.5 Å². The van der Waals surface area contributed by atoms with Gasteiger partial charge in [-0.15, -0.1) is 0 Å².